The van der Waals surface area contributed by atoms with Crippen molar-refractivity contribution in [3.8, 4) is 11.1 Å². The predicted molar refractivity (Wildman–Crippen MR) is 130 cm³/mol. The lowest BCUT2D eigenvalue weighted by Gasteiger charge is -2.30. The lowest BCUT2D eigenvalue weighted by atomic mass is 9.86. The highest BCUT2D eigenvalue weighted by molar-refractivity contribution is 5.86. The zero-order chi connectivity index (χ0) is 25.1. The van der Waals surface area contributed by atoms with Gasteiger partial charge in [-0.1, -0.05) is 69.3 Å². The Morgan fingerprint density at radius 3 is 1.97 bits per heavy atom. The number of hydrogen-bond donors (Lipinski definition) is 3. The molecule has 2 aromatic rings. The van der Waals surface area contributed by atoms with E-state index in [2.05, 4.69) is 22.8 Å². The first kappa shape index (κ1) is 25.3. The van der Waals surface area contributed by atoms with Crippen LogP contribution in [0.5, 0.6) is 0 Å². The van der Waals surface area contributed by atoms with E-state index in [9.17, 15) is 19.5 Å². The van der Waals surface area contributed by atoms with E-state index in [0.29, 0.717) is 0 Å². The summed E-state index contributed by atoms with van der Waals surface area (Å²) in [4.78, 5) is 36.8. The molecule has 0 fully saturated rings. The van der Waals surface area contributed by atoms with Gasteiger partial charge in [0.15, 0.2) is 0 Å². The normalized spacial score (nSPS) is 14.0. The van der Waals surface area contributed by atoms with Crippen molar-refractivity contribution in [2.75, 3.05) is 13.2 Å². The highest BCUT2D eigenvalue weighted by Crippen LogP contribution is 2.44. The Morgan fingerprint density at radius 1 is 0.941 bits per heavy atom. The molecule has 1 aliphatic carbocycles. The fourth-order valence-corrected chi connectivity index (χ4v) is 4.14. The Labute approximate surface area is 200 Å². The van der Waals surface area contributed by atoms with Crippen molar-refractivity contribution in [3.63, 3.8) is 0 Å². The molecule has 182 valence electrons. The van der Waals surface area contributed by atoms with Crippen LogP contribution < -0.4 is 10.6 Å². The largest absolute Gasteiger partial charge is 0.481 e. The van der Waals surface area contributed by atoms with Crippen LogP contribution in [0.25, 0.3) is 11.1 Å². The maximum atomic E-state index is 12.8. The van der Waals surface area contributed by atoms with E-state index in [1.54, 1.807) is 13.8 Å². The monoisotopic (exact) mass is 466 g/mol. The van der Waals surface area contributed by atoms with E-state index in [1.807, 2.05) is 57.2 Å². The molecule has 34 heavy (non-hydrogen) atoms. The number of nitrogens with one attached hydrogen (secondary N) is 2. The average molecular weight is 467 g/mol. The summed E-state index contributed by atoms with van der Waals surface area (Å²) in [5.74, 6) is -1.37. The van der Waals surface area contributed by atoms with Gasteiger partial charge in [0.05, 0.1) is 5.41 Å². The van der Waals surface area contributed by atoms with Gasteiger partial charge in [-0.3, -0.25) is 9.59 Å². The van der Waals surface area contributed by atoms with Gasteiger partial charge in [-0.25, -0.2) is 4.79 Å². The maximum absolute atomic E-state index is 12.8. The molecule has 3 rings (SSSR count). The van der Waals surface area contributed by atoms with Crippen LogP contribution in [0.4, 0.5) is 4.79 Å². The molecule has 0 radical (unpaired) electrons. The molecule has 1 aliphatic rings. The molecular weight excluding hydrogens is 432 g/mol. The Balaban J connectivity index is 1.63. The van der Waals surface area contributed by atoms with Crippen LogP contribution >= 0.6 is 0 Å². The number of hydrogen-bond acceptors (Lipinski definition) is 4. The molecule has 7 heteroatoms. The van der Waals surface area contributed by atoms with Crippen molar-refractivity contribution in [1.29, 1.82) is 0 Å². The van der Waals surface area contributed by atoms with Crippen LogP contribution in [0.1, 0.15) is 58.1 Å². The van der Waals surface area contributed by atoms with Crippen LogP contribution in [0, 0.1) is 10.8 Å². The van der Waals surface area contributed by atoms with Gasteiger partial charge in [0.1, 0.15) is 12.6 Å². The van der Waals surface area contributed by atoms with Gasteiger partial charge in [-0.2, -0.15) is 0 Å². The minimum Gasteiger partial charge on any atom is -0.481 e. The summed E-state index contributed by atoms with van der Waals surface area (Å²) in [6, 6.07) is 15.3. The van der Waals surface area contributed by atoms with Crippen molar-refractivity contribution in [2.24, 2.45) is 10.8 Å². The molecule has 1 atom stereocenters. The van der Waals surface area contributed by atoms with E-state index in [0.717, 1.165) is 22.3 Å². The van der Waals surface area contributed by atoms with Crippen molar-refractivity contribution in [3.05, 3.63) is 59.7 Å². The number of carboxylic acids is 1. The quantitative estimate of drug-likeness (QED) is 0.529. The number of carbonyl (C=O) groups is 3. The Hall–Kier alpha value is -3.35. The molecule has 0 unspecified atom stereocenters. The fourth-order valence-electron chi connectivity index (χ4n) is 4.14. The Kier molecular flexibility index (Phi) is 7.34. The molecule has 0 saturated carbocycles. The number of amides is 2. The van der Waals surface area contributed by atoms with Gasteiger partial charge in [0.2, 0.25) is 5.91 Å². The molecule has 0 spiro atoms. The van der Waals surface area contributed by atoms with Crippen LogP contribution in [-0.4, -0.2) is 42.3 Å². The van der Waals surface area contributed by atoms with E-state index in [1.165, 1.54) is 0 Å². The van der Waals surface area contributed by atoms with E-state index >= 15 is 0 Å². The van der Waals surface area contributed by atoms with E-state index in [4.69, 9.17) is 4.74 Å². The summed E-state index contributed by atoms with van der Waals surface area (Å²) in [6.45, 7) is 9.12. The molecule has 2 amide bonds. The lowest BCUT2D eigenvalue weighted by molar-refractivity contribution is -0.147. The molecule has 2 aromatic carbocycles. The molecular formula is C27H34N2O5. The van der Waals surface area contributed by atoms with Gasteiger partial charge in [0, 0.05) is 12.5 Å². The number of rotatable bonds is 8. The third-order valence-electron chi connectivity index (χ3n) is 6.36. The zero-order valence-corrected chi connectivity index (χ0v) is 20.5. The molecule has 0 aromatic heterocycles. The summed E-state index contributed by atoms with van der Waals surface area (Å²) in [7, 11) is 0. The second-order valence-electron chi connectivity index (χ2n) is 10.5. The molecule has 0 saturated heterocycles. The first-order valence-corrected chi connectivity index (χ1v) is 11.5. The number of carbonyl (C=O) groups excluding carboxylic acids is 2. The summed E-state index contributed by atoms with van der Waals surface area (Å²) < 4.78 is 5.60. The number of carboxylic acid groups (broad SMARTS) is 1. The standard InChI is InChI=1S/C27H34N2O5/c1-26(2,3)22(23(30)28-15-14-27(4,5)24(31)32)29-25(33)34-16-21-19-12-8-6-10-17(19)18-11-7-9-13-20(18)21/h6-13,21-22H,14-16H2,1-5H3,(H,28,30)(H,29,33)(H,31,32)/t22-/m1/s1. The Bertz CT molecular complexity index is 1030. The number of alkyl carbamates (subject to hydrolysis) is 1. The van der Waals surface area contributed by atoms with Gasteiger partial charge in [0.25, 0.3) is 0 Å². The minimum absolute atomic E-state index is 0.0710. The van der Waals surface area contributed by atoms with Crippen molar-refractivity contribution in [1.82, 2.24) is 10.6 Å². The van der Waals surface area contributed by atoms with Crippen LogP contribution in [0.15, 0.2) is 48.5 Å². The lowest BCUT2D eigenvalue weighted by Crippen LogP contribution is -2.54. The van der Waals surface area contributed by atoms with Gasteiger partial charge in [-0.15, -0.1) is 0 Å². The zero-order valence-electron chi connectivity index (χ0n) is 20.5. The molecule has 0 heterocycles. The van der Waals surface area contributed by atoms with Gasteiger partial charge < -0.3 is 20.5 Å². The fraction of sp³-hybridized carbons (Fsp3) is 0.444. The van der Waals surface area contributed by atoms with Crippen LogP contribution in [0.3, 0.4) is 0 Å². The van der Waals surface area contributed by atoms with Gasteiger partial charge in [-0.05, 0) is 47.9 Å². The van der Waals surface area contributed by atoms with Crippen LogP contribution in [-0.2, 0) is 14.3 Å². The summed E-state index contributed by atoms with van der Waals surface area (Å²) >= 11 is 0. The van der Waals surface area contributed by atoms with Crippen molar-refractivity contribution >= 4 is 18.0 Å². The first-order valence-electron chi connectivity index (χ1n) is 11.5. The third-order valence-corrected chi connectivity index (χ3v) is 6.36. The molecule has 7 nitrogen and oxygen atoms in total. The number of benzene rings is 2. The second kappa shape index (κ2) is 9.87. The first-order chi connectivity index (χ1) is 15.9. The smallest absolute Gasteiger partial charge is 0.407 e. The highest BCUT2D eigenvalue weighted by Gasteiger charge is 2.35. The minimum atomic E-state index is -0.954. The highest BCUT2D eigenvalue weighted by atomic mass is 16.5. The number of aliphatic carboxylic acids is 1. The molecule has 0 aliphatic heterocycles. The van der Waals surface area contributed by atoms with Crippen molar-refractivity contribution in [2.45, 2.75) is 53.0 Å². The summed E-state index contributed by atoms with van der Waals surface area (Å²) in [5.41, 5.74) is 2.99. The number of fused-ring (bicyclic) bond motifs is 3. The third kappa shape index (κ3) is 5.58. The number of ether oxygens (including phenoxy) is 1. The SMILES string of the molecule is CC(C)(CCNC(=O)[C@@H](NC(=O)OCC1c2ccccc2-c2ccccc21)C(C)(C)C)C(=O)O. The topological polar surface area (TPSA) is 105 Å². The van der Waals surface area contributed by atoms with Crippen LogP contribution in [0.2, 0.25) is 0 Å². The summed E-state index contributed by atoms with van der Waals surface area (Å²) in [6.07, 6.45) is -0.390. The van der Waals surface area contributed by atoms with Crippen molar-refractivity contribution < 1.29 is 24.2 Å². The van der Waals surface area contributed by atoms with E-state index in [-0.39, 0.29) is 31.4 Å². The predicted octanol–water partition coefficient (Wildman–Crippen LogP) is 4.56. The second-order valence-corrected chi connectivity index (χ2v) is 10.5. The average Bonchev–Trinajstić information content (AvgIpc) is 3.08. The molecule has 0 bridgehead atoms. The van der Waals surface area contributed by atoms with E-state index < -0.39 is 28.9 Å². The maximum Gasteiger partial charge on any atom is 0.407 e. The summed E-state index contributed by atoms with van der Waals surface area (Å²) in [5, 5.41) is 14.7. The Morgan fingerprint density at radius 2 is 1.47 bits per heavy atom. The molecule has 3 N–H and O–H groups in total. The van der Waals surface area contributed by atoms with Gasteiger partial charge >= 0.3 is 12.1 Å².